The maximum absolute atomic E-state index is 5.01. The van der Waals surface area contributed by atoms with Gasteiger partial charge in [-0.2, -0.15) is 0 Å². The zero-order chi connectivity index (χ0) is 29.8. The van der Waals surface area contributed by atoms with Crippen molar-refractivity contribution in [3.05, 3.63) is 82.4 Å². The molecular formula is C36H50N4. The largest absolute Gasteiger partial charge is 0.337 e. The lowest BCUT2D eigenvalue weighted by atomic mass is 9.81. The summed E-state index contributed by atoms with van der Waals surface area (Å²) in [5.74, 6) is 2.30. The summed E-state index contributed by atoms with van der Waals surface area (Å²) in [6.07, 6.45) is 0. The highest BCUT2D eigenvalue weighted by Crippen LogP contribution is 2.39. The Bertz CT molecular complexity index is 1340. The lowest BCUT2D eigenvalue weighted by molar-refractivity contribution is 0.592. The number of amidine groups is 2. The lowest BCUT2D eigenvalue weighted by Gasteiger charge is -2.27. The fraction of sp³-hybridized carbons (Fsp3) is 0.444. The average Bonchev–Trinajstić information content (AvgIpc) is 2.84. The number of rotatable bonds is 6. The summed E-state index contributed by atoms with van der Waals surface area (Å²) in [7, 11) is 1.82. The van der Waals surface area contributed by atoms with Crippen LogP contribution < -0.4 is 10.6 Å². The maximum Gasteiger partial charge on any atom is 0.169 e. The summed E-state index contributed by atoms with van der Waals surface area (Å²) in [6.45, 7) is 24.3. The quantitative estimate of drug-likeness (QED) is 0.242. The molecule has 0 heterocycles. The van der Waals surface area contributed by atoms with Crippen molar-refractivity contribution in [2.45, 2.75) is 99.5 Å². The molecule has 214 valence electrons. The third-order valence-corrected chi connectivity index (χ3v) is 7.06. The van der Waals surface area contributed by atoms with Gasteiger partial charge in [0.25, 0.3) is 0 Å². The molecule has 0 atom stereocenters. The molecule has 0 saturated heterocycles. The first-order chi connectivity index (χ1) is 18.7. The Morgan fingerprint density at radius 3 is 1.77 bits per heavy atom. The molecule has 0 aliphatic rings. The second-order valence-corrected chi connectivity index (χ2v) is 12.9. The molecule has 4 nitrogen and oxygen atoms in total. The van der Waals surface area contributed by atoms with Crippen LogP contribution in [0.3, 0.4) is 0 Å². The van der Waals surface area contributed by atoms with Crippen LogP contribution in [-0.4, -0.2) is 24.8 Å². The van der Waals surface area contributed by atoms with Crippen LogP contribution in [0.2, 0.25) is 0 Å². The predicted octanol–water partition coefficient (Wildman–Crippen LogP) is 9.87. The smallest absolute Gasteiger partial charge is 0.169 e. The summed E-state index contributed by atoms with van der Waals surface area (Å²) in [5, 5.41) is 7.30. The number of benzene rings is 3. The number of nitrogens with one attached hydrogen (secondary N) is 2. The summed E-state index contributed by atoms with van der Waals surface area (Å²) in [4.78, 5) is 9.67. The average molecular weight is 539 g/mol. The van der Waals surface area contributed by atoms with Gasteiger partial charge in [0.15, 0.2) is 11.7 Å². The van der Waals surface area contributed by atoms with Crippen LogP contribution in [0.25, 0.3) is 11.1 Å². The highest BCUT2D eigenvalue weighted by molar-refractivity contribution is 6.48. The van der Waals surface area contributed by atoms with Crippen LogP contribution in [-0.2, 0) is 5.41 Å². The highest BCUT2D eigenvalue weighted by Gasteiger charge is 2.23. The van der Waals surface area contributed by atoms with E-state index in [1.54, 1.807) is 0 Å². The van der Waals surface area contributed by atoms with Gasteiger partial charge in [0, 0.05) is 24.5 Å². The van der Waals surface area contributed by atoms with E-state index in [4.69, 9.17) is 4.99 Å². The molecule has 0 spiro atoms. The van der Waals surface area contributed by atoms with E-state index < -0.39 is 0 Å². The molecule has 0 aliphatic heterocycles. The molecule has 4 heteroatoms. The first-order valence-corrected chi connectivity index (χ1v) is 14.7. The summed E-state index contributed by atoms with van der Waals surface area (Å²) < 4.78 is 0. The van der Waals surface area contributed by atoms with Gasteiger partial charge in [-0.15, -0.1) is 0 Å². The van der Waals surface area contributed by atoms with Crippen molar-refractivity contribution in [3.8, 4) is 11.1 Å². The third kappa shape index (κ3) is 7.62. The van der Waals surface area contributed by atoms with Gasteiger partial charge in [-0.3, -0.25) is 9.98 Å². The molecule has 0 aromatic heterocycles. The molecule has 0 amide bonds. The molecule has 40 heavy (non-hydrogen) atoms. The van der Waals surface area contributed by atoms with Crippen molar-refractivity contribution in [2.24, 2.45) is 9.98 Å². The van der Waals surface area contributed by atoms with Crippen LogP contribution >= 0.6 is 0 Å². The Morgan fingerprint density at radius 1 is 0.725 bits per heavy atom. The van der Waals surface area contributed by atoms with Crippen LogP contribution in [0.5, 0.6) is 0 Å². The predicted molar refractivity (Wildman–Crippen MR) is 178 cm³/mol. The first-order valence-electron chi connectivity index (χ1n) is 14.7. The number of aryl methyl sites for hydroxylation is 2. The zero-order valence-electron chi connectivity index (χ0n) is 26.8. The van der Waals surface area contributed by atoms with Crippen LogP contribution in [0.4, 0.5) is 11.4 Å². The minimum absolute atomic E-state index is 0.0626. The zero-order valence-corrected chi connectivity index (χ0v) is 26.8. The Labute approximate surface area is 243 Å². The molecule has 2 N–H and O–H groups in total. The standard InChI is InChI=1S/C36H50N4/c1-22(2)29-14-13-15-30(23(3)4)33(29)27-16-17-31(36(9,10)11)32(21-27)40-35(38-24(5)6)34(37-12)39-28-19-25(7)18-26(8)20-28/h13-24H,1-12H3,(H,37,39)(H,38,40). The molecular weight excluding hydrogens is 488 g/mol. The Hall–Kier alpha value is -3.40. The SMILES string of the molecule is C/N=C(Nc1cc(C)cc(C)c1)\C(=N/C(C)C)Nc1cc(-c2c(C(C)C)cccc2C(C)C)ccc1C(C)(C)C. The van der Waals surface area contributed by atoms with E-state index in [9.17, 15) is 0 Å². The van der Waals surface area contributed by atoms with Gasteiger partial charge in [0.05, 0.1) is 0 Å². The molecule has 3 aromatic rings. The second kappa shape index (κ2) is 12.8. The monoisotopic (exact) mass is 538 g/mol. The molecule has 0 unspecified atom stereocenters. The summed E-state index contributed by atoms with van der Waals surface area (Å²) in [6, 6.07) is 20.2. The highest BCUT2D eigenvalue weighted by atomic mass is 15.1. The minimum Gasteiger partial charge on any atom is -0.337 e. The van der Waals surface area contributed by atoms with Gasteiger partial charge in [0.2, 0.25) is 0 Å². The number of anilines is 2. The van der Waals surface area contributed by atoms with Crippen molar-refractivity contribution in [1.29, 1.82) is 0 Å². The van der Waals surface area contributed by atoms with Crippen LogP contribution in [0.15, 0.2) is 64.6 Å². The Balaban J connectivity index is 2.19. The second-order valence-electron chi connectivity index (χ2n) is 12.9. The molecule has 0 radical (unpaired) electrons. The van der Waals surface area contributed by atoms with E-state index in [1.807, 2.05) is 7.05 Å². The number of hydrogen-bond acceptors (Lipinski definition) is 2. The van der Waals surface area contributed by atoms with Crippen molar-refractivity contribution in [3.63, 3.8) is 0 Å². The summed E-state index contributed by atoms with van der Waals surface area (Å²) >= 11 is 0. The van der Waals surface area contributed by atoms with Crippen LogP contribution in [0.1, 0.15) is 102 Å². The molecule has 0 fully saturated rings. The molecule has 0 bridgehead atoms. The van der Waals surface area contributed by atoms with E-state index in [2.05, 4.69) is 146 Å². The van der Waals surface area contributed by atoms with Gasteiger partial charge >= 0.3 is 0 Å². The van der Waals surface area contributed by atoms with Gasteiger partial charge in [-0.25, -0.2) is 0 Å². The fourth-order valence-corrected chi connectivity index (χ4v) is 5.28. The van der Waals surface area contributed by atoms with E-state index in [0.29, 0.717) is 11.8 Å². The number of nitrogens with zero attached hydrogens (tertiary/aromatic N) is 2. The first kappa shape index (κ1) is 31.1. The Kier molecular flexibility index (Phi) is 10.00. The molecule has 3 rings (SSSR count). The van der Waals surface area contributed by atoms with E-state index >= 15 is 0 Å². The van der Waals surface area contributed by atoms with E-state index in [0.717, 1.165) is 23.0 Å². The van der Waals surface area contributed by atoms with Gasteiger partial charge in [0.1, 0.15) is 0 Å². The maximum atomic E-state index is 5.01. The molecule has 0 saturated carbocycles. The van der Waals surface area contributed by atoms with Crippen molar-refractivity contribution in [1.82, 2.24) is 0 Å². The molecule has 3 aromatic carbocycles. The van der Waals surface area contributed by atoms with Crippen molar-refractivity contribution < 1.29 is 0 Å². The normalized spacial score (nSPS) is 13.0. The minimum atomic E-state index is -0.0626. The van der Waals surface area contributed by atoms with Crippen molar-refractivity contribution in [2.75, 3.05) is 17.7 Å². The van der Waals surface area contributed by atoms with E-state index in [-0.39, 0.29) is 11.5 Å². The topological polar surface area (TPSA) is 48.8 Å². The van der Waals surface area contributed by atoms with Gasteiger partial charge in [-0.1, -0.05) is 84.9 Å². The fourth-order valence-electron chi connectivity index (χ4n) is 5.28. The van der Waals surface area contributed by atoms with Gasteiger partial charge < -0.3 is 10.6 Å². The van der Waals surface area contributed by atoms with E-state index in [1.165, 1.54) is 38.9 Å². The van der Waals surface area contributed by atoms with Crippen LogP contribution in [0, 0.1) is 13.8 Å². The third-order valence-electron chi connectivity index (χ3n) is 7.06. The Morgan fingerprint density at radius 2 is 1.30 bits per heavy atom. The number of hydrogen-bond donors (Lipinski definition) is 2. The van der Waals surface area contributed by atoms with Crippen molar-refractivity contribution >= 4 is 23.0 Å². The summed E-state index contributed by atoms with van der Waals surface area (Å²) in [5.41, 5.74) is 11.0. The molecule has 0 aliphatic carbocycles. The van der Waals surface area contributed by atoms with Gasteiger partial charge in [-0.05, 0) is 102 Å². The lowest BCUT2D eigenvalue weighted by Crippen LogP contribution is -2.32. The number of aliphatic imine (C=N–C) groups is 2.